The van der Waals surface area contributed by atoms with Gasteiger partial charge in [-0.25, -0.2) is 4.98 Å². The summed E-state index contributed by atoms with van der Waals surface area (Å²) in [7, 11) is 0. The Kier molecular flexibility index (Phi) is 2.28. The number of para-hydroxylation sites is 2. The molecule has 0 unspecified atom stereocenters. The third-order valence-corrected chi connectivity index (χ3v) is 3.26. The Bertz CT molecular complexity index is 645. The summed E-state index contributed by atoms with van der Waals surface area (Å²) in [6.45, 7) is 0. The first-order valence-corrected chi connectivity index (χ1v) is 5.77. The van der Waals surface area contributed by atoms with Gasteiger partial charge >= 0.3 is 0 Å². The van der Waals surface area contributed by atoms with Gasteiger partial charge in [-0.2, -0.15) is 0 Å². The van der Waals surface area contributed by atoms with Crippen LogP contribution in [0.3, 0.4) is 0 Å². The molecule has 1 aromatic carbocycles. The lowest BCUT2D eigenvalue weighted by molar-refractivity contribution is -0.118. The van der Waals surface area contributed by atoms with E-state index in [0.29, 0.717) is 17.6 Å². The lowest BCUT2D eigenvalue weighted by Gasteiger charge is -2.07. The van der Waals surface area contributed by atoms with Gasteiger partial charge in [-0.05, 0) is 25.0 Å². The van der Waals surface area contributed by atoms with Crippen LogP contribution in [0.15, 0.2) is 29.1 Å². The van der Waals surface area contributed by atoms with Crippen molar-refractivity contribution in [2.45, 2.75) is 25.2 Å². The summed E-state index contributed by atoms with van der Waals surface area (Å²) in [5, 5.41) is 0. The van der Waals surface area contributed by atoms with Crippen molar-refractivity contribution in [2.24, 2.45) is 0 Å². The minimum Gasteiger partial charge on any atom is -0.319 e. The number of ketones is 1. The third kappa shape index (κ3) is 1.65. The second-order valence-corrected chi connectivity index (χ2v) is 4.38. The molecule has 1 heterocycles. The number of fused-ring (bicyclic) bond motifs is 1. The molecule has 3 rings (SSSR count). The Labute approximate surface area is 97.7 Å². The molecule has 1 aliphatic carbocycles. The SMILES string of the molecule is O=C1CCC[C@@H]1c1nc2ccccc2[nH]c1=O. The van der Waals surface area contributed by atoms with Gasteiger partial charge in [-0.3, -0.25) is 9.59 Å². The fourth-order valence-corrected chi connectivity index (χ4v) is 2.38. The molecule has 0 saturated heterocycles. The molecule has 4 heteroatoms. The maximum Gasteiger partial charge on any atom is 0.270 e. The van der Waals surface area contributed by atoms with Crippen LogP contribution in [-0.2, 0) is 4.79 Å². The number of nitrogens with one attached hydrogen (secondary N) is 1. The van der Waals surface area contributed by atoms with Crippen LogP contribution >= 0.6 is 0 Å². The average Bonchev–Trinajstić information content (AvgIpc) is 2.74. The zero-order chi connectivity index (χ0) is 11.8. The summed E-state index contributed by atoms with van der Waals surface area (Å²) in [5.74, 6) is -0.165. The van der Waals surface area contributed by atoms with Crippen LogP contribution in [0.1, 0.15) is 30.9 Å². The zero-order valence-corrected chi connectivity index (χ0v) is 9.27. The molecule has 1 N–H and O–H groups in total. The molecule has 1 saturated carbocycles. The van der Waals surface area contributed by atoms with Crippen molar-refractivity contribution in [1.29, 1.82) is 0 Å². The molecule has 1 atom stereocenters. The number of Topliss-reactive ketones (excluding diaryl/α,β-unsaturated/α-hetero) is 1. The summed E-state index contributed by atoms with van der Waals surface area (Å²) in [5.41, 5.74) is 1.60. The van der Waals surface area contributed by atoms with Crippen LogP contribution in [0, 0.1) is 0 Å². The van der Waals surface area contributed by atoms with Gasteiger partial charge in [0.25, 0.3) is 5.56 Å². The normalized spacial score (nSPS) is 20.0. The molecular formula is C13H12N2O2. The maximum absolute atomic E-state index is 11.9. The molecule has 1 fully saturated rings. The minimum atomic E-state index is -0.302. The molecule has 1 aliphatic rings. The highest BCUT2D eigenvalue weighted by molar-refractivity contribution is 5.87. The van der Waals surface area contributed by atoms with Crippen LogP contribution in [0.5, 0.6) is 0 Å². The van der Waals surface area contributed by atoms with E-state index in [9.17, 15) is 9.59 Å². The van der Waals surface area contributed by atoms with E-state index in [1.807, 2.05) is 24.3 Å². The van der Waals surface area contributed by atoms with E-state index >= 15 is 0 Å². The van der Waals surface area contributed by atoms with Crippen LogP contribution in [0.4, 0.5) is 0 Å². The van der Waals surface area contributed by atoms with Gasteiger partial charge in [0.2, 0.25) is 0 Å². The molecule has 17 heavy (non-hydrogen) atoms. The number of aromatic amines is 1. The highest BCUT2D eigenvalue weighted by atomic mass is 16.1. The van der Waals surface area contributed by atoms with Gasteiger partial charge in [0.1, 0.15) is 11.5 Å². The van der Waals surface area contributed by atoms with E-state index in [1.54, 1.807) is 0 Å². The van der Waals surface area contributed by atoms with Gasteiger partial charge in [0.15, 0.2) is 0 Å². The number of aromatic nitrogens is 2. The summed E-state index contributed by atoms with van der Waals surface area (Å²) in [6.07, 6.45) is 2.17. The molecule has 86 valence electrons. The molecule has 0 radical (unpaired) electrons. The largest absolute Gasteiger partial charge is 0.319 e. The predicted octanol–water partition coefficient (Wildman–Crippen LogP) is 1.76. The summed E-state index contributed by atoms with van der Waals surface area (Å²) in [4.78, 5) is 30.7. The molecule has 0 spiro atoms. The van der Waals surface area contributed by atoms with E-state index in [1.165, 1.54) is 0 Å². The van der Waals surface area contributed by atoms with Gasteiger partial charge in [-0.1, -0.05) is 12.1 Å². The second-order valence-electron chi connectivity index (χ2n) is 4.38. The van der Waals surface area contributed by atoms with E-state index in [2.05, 4.69) is 9.97 Å². The number of carbonyl (C=O) groups is 1. The molecule has 0 aliphatic heterocycles. The van der Waals surface area contributed by atoms with Gasteiger partial charge in [0.05, 0.1) is 17.0 Å². The van der Waals surface area contributed by atoms with Crippen molar-refractivity contribution < 1.29 is 4.79 Å². The first kappa shape index (κ1) is 10.2. The number of hydrogen-bond donors (Lipinski definition) is 1. The van der Waals surface area contributed by atoms with Crippen LogP contribution in [0.25, 0.3) is 11.0 Å². The number of nitrogens with zero attached hydrogens (tertiary/aromatic N) is 1. The second kappa shape index (κ2) is 3.80. The van der Waals surface area contributed by atoms with E-state index in [-0.39, 0.29) is 17.3 Å². The molecular weight excluding hydrogens is 216 g/mol. The third-order valence-electron chi connectivity index (χ3n) is 3.26. The van der Waals surface area contributed by atoms with Crippen molar-refractivity contribution in [2.75, 3.05) is 0 Å². The standard InChI is InChI=1S/C13H12N2O2/c16-11-7-3-4-8(11)12-13(17)15-10-6-2-1-5-9(10)14-12/h1-2,5-6,8H,3-4,7H2,(H,15,17)/t8-/m0/s1. The Hall–Kier alpha value is -1.97. The number of benzene rings is 1. The van der Waals surface area contributed by atoms with Crippen molar-refractivity contribution in [3.63, 3.8) is 0 Å². The number of rotatable bonds is 1. The number of H-pyrrole nitrogens is 1. The molecule has 4 nitrogen and oxygen atoms in total. The van der Waals surface area contributed by atoms with Crippen molar-refractivity contribution in [3.05, 3.63) is 40.3 Å². The average molecular weight is 228 g/mol. The lowest BCUT2D eigenvalue weighted by atomic mass is 10.0. The van der Waals surface area contributed by atoms with Gasteiger partial charge in [-0.15, -0.1) is 0 Å². The van der Waals surface area contributed by atoms with Crippen molar-refractivity contribution >= 4 is 16.8 Å². The van der Waals surface area contributed by atoms with Crippen LogP contribution < -0.4 is 5.56 Å². The summed E-state index contributed by atoms with van der Waals surface area (Å²) >= 11 is 0. The van der Waals surface area contributed by atoms with Gasteiger partial charge < -0.3 is 4.98 Å². The Morgan fingerprint density at radius 1 is 1.24 bits per heavy atom. The van der Waals surface area contributed by atoms with Gasteiger partial charge in [0, 0.05) is 6.42 Å². The summed E-state index contributed by atoms with van der Waals surface area (Å²) < 4.78 is 0. The highest BCUT2D eigenvalue weighted by Crippen LogP contribution is 2.28. The maximum atomic E-state index is 11.9. The van der Waals surface area contributed by atoms with Crippen molar-refractivity contribution in [3.8, 4) is 0 Å². The fraction of sp³-hybridized carbons (Fsp3) is 0.308. The fourth-order valence-electron chi connectivity index (χ4n) is 2.38. The predicted molar refractivity (Wildman–Crippen MR) is 64.0 cm³/mol. The smallest absolute Gasteiger partial charge is 0.270 e. The summed E-state index contributed by atoms with van der Waals surface area (Å²) in [6, 6.07) is 7.37. The molecule has 0 bridgehead atoms. The molecule has 0 amide bonds. The van der Waals surface area contributed by atoms with E-state index in [4.69, 9.17) is 0 Å². The van der Waals surface area contributed by atoms with Crippen molar-refractivity contribution in [1.82, 2.24) is 9.97 Å². The monoisotopic (exact) mass is 228 g/mol. The number of hydrogen-bond acceptors (Lipinski definition) is 3. The lowest BCUT2D eigenvalue weighted by Crippen LogP contribution is -2.21. The molecule has 1 aromatic heterocycles. The van der Waals surface area contributed by atoms with E-state index in [0.717, 1.165) is 18.4 Å². The minimum absolute atomic E-state index is 0.137. The number of carbonyl (C=O) groups excluding carboxylic acids is 1. The first-order valence-electron chi connectivity index (χ1n) is 5.77. The highest BCUT2D eigenvalue weighted by Gasteiger charge is 2.29. The first-order chi connectivity index (χ1) is 8.25. The quantitative estimate of drug-likeness (QED) is 0.808. The Morgan fingerprint density at radius 3 is 2.82 bits per heavy atom. The van der Waals surface area contributed by atoms with Crippen LogP contribution in [0.2, 0.25) is 0 Å². The zero-order valence-electron chi connectivity index (χ0n) is 9.27. The Morgan fingerprint density at radius 2 is 2.06 bits per heavy atom. The van der Waals surface area contributed by atoms with Crippen LogP contribution in [-0.4, -0.2) is 15.8 Å². The Balaban J connectivity index is 2.19. The van der Waals surface area contributed by atoms with E-state index < -0.39 is 0 Å². The molecule has 2 aromatic rings. The topological polar surface area (TPSA) is 62.8 Å².